The van der Waals surface area contributed by atoms with Gasteiger partial charge in [-0.25, -0.2) is 4.68 Å². The first-order chi connectivity index (χ1) is 12.8. The summed E-state index contributed by atoms with van der Waals surface area (Å²) in [6, 6.07) is 9.90. The zero-order valence-corrected chi connectivity index (χ0v) is 13.4. The fourth-order valence-electron chi connectivity index (χ4n) is 2.24. The number of nitrogens with one attached hydrogen (secondary N) is 1. The number of carbonyl (C=O) groups excluding carboxylic acids is 1. The second-order valence-corrected chi connectivity index (χ2v) is 5.30. The zero-order valence-electron chi connectivity index (χ0n) is 13.4. The van der Waals surface area contributed by atoms with E-state index in [1.807, 2.05) is 0 Å². The van der Waals surface area contributed by atoms with Crippen molar-refractivity contribution in [3.63, 3.8) is 0 Å². The number of nitro groups is 2. The molecule has 0 unspecified atom stereocenters. The van der Waals surface area contributed by atoms with Crippen LogP contribution in [0.2, 0.25) is 0 Å². The minimum Gasteiger partial charge on any atom is -0.320 e. The van der Waals surface area contributed by atoms with E-state index in [0.29, 0.717) is 5.69 Å². The van der Waals surface area contributed by atoms with E-state index in [9.17, 15) is 29.4 Å². The summed E-state index contributed by atoms with van der Waals surface area (Å²) in [6.07, 6.45) is 1.48. The molecule has 136 valence electrons. The Balaban J connectivity index is 1.78. The molecule has 1 N–H and O–H groups in total. The van der Waals surface area contributed by atoms with Crippen LogP contribution in [0.1, 0.15) is 10.5 Å². The van der Waals surface area contributed by atoms with Gasteiger partial charge in [0.25, 0.3) is 11.6 Å². The van der Waals surface area contributed by atoms with Crippen LogP contribution in [0.25, 0.3) is 5.69 Å². The highest BCUT2D eigenvalue weighted by Crippen LogP contribution is 2.22. The lowest BCUT2D eigenvalue weighted by Gasteiger charge is -2.04. The third kappa shape index (κ3) is 3.76. The Morgan fingerprint density at radius 1 is 1.04 bits per heavy atom. The standard InChI is InChI=1S/C16H10FN5O5/c17-13-6-1-10(9-15(13)22(26)27)18-16(23)14-7-8-20(19-14)11-2-4-12(5-3-11)21(24)25/h1-9H,(H,18,23). The van der Waals surface area contributed by atoms with Crippen molar-refractivity contribution in [3.8, 4) is 5.69 Å². The van der Waals surface area contributed by atoms with Crippen molar-refractivity contribution in [3.05, 3.63) is 86.5 Å². The number of aromatic nitrogens is 2. The minimum absolute atomic E-state index is 0.000306. The summed E-state index contributed by atoms with van der Waals surface area (Å²) in [7, 11) is 0. The molecule has 1 aromatic heterocycles. The Labute approximate surface area is 150 Å². The van der Waals surface area contributed by atoms with Crippen molar-refractivity contribution in [2.24, 2.45) is 0 Å². The molecule has 0 saturated carbocycles. The highest BCUT2D eigenvalue weighted by atomic mass is 19.1. The summed E-state index contributed by atoms with van der Waals surface area (Å²) in [5.41, 5.74) is -0.304. The molecule has 1 heterocycles. The van der Waals surface area contributed by atoms with Crippen LogP contribution in [0.4, 0.5) is 21.5 Å². The first-order valence-electron chi connectivity index (χ1n) is 7.41. The van der Waals surface area contributed by atoms with E-state index in [0.717, 1.165) is 12.1 Å². The normalized spacial score (nSPS) is 10.4. The number of halogens is 1. The molecule has 0 aliphatic rings. The molecule has 0 fully saturated rings. The molecular weight excluding hydrogens is 361 g/mol. The highest BCUT2D eigenvalue weighted by Gasteiger charge is 2.17. The van der Waals surface area contributed by atoms with Crippen LogP contribution in [-0.2, 0) is 0 Å². The van der Waals surface area contributed by atoms with Gasteiger partial charge in [0.1, 0.15) is 0 Å². The fraction of sp³-hybridized carbons (Fsp3) is 0. The Hall–Kier alpha value is -4.15. The molecule has 0 spiro atoms. The van der Waals surface area contributed by atoms with Gasteiger partial charge >= 0.3 is 5.69 Å². The van der Waals surface area contributed by atoms with Gasteiger partial charge in [-0.3, -0.25) is 25.0 Å². The molecule has 0 bridgehead atoms. The Morgan fingerprint density at radius 2 is 1.74 bits per heavy atom. The van der Waals surface area contributed by atoms with Gasteiger partial charge in [0.05, 0.1) is 15.5 Å². The van der Waals surface area contributed by atoms with Gasteiger partial charge in [0.2, 0.25) is 5.82 Å². The summed E-state index contributed by atoms with van der Waals surface area (Å²) < 4.78 is 14.7. The third-order valence-electron chi connectivity index (χ3n) is 3.55. The number of hydrogen-bond acceptors (Lipinski definition) is 6. The first kappa shape index (κ1) is 17.7. The first-order valence-corrected chi connectivity index (χ1v) is 7.41. The van der Waals surface area contributed by atoms with Gasteiger partial charge < -0.3 is 5.32 Å². The van der Waals surface area contributed by atoms with Gasteiger partial charge in [-0.1, -0.05) is 0 Å². The predicted octanol–water partition coefficient (Wildman–Crippen LogP) is 3.08. The number of non-ortho nitro benzene ring substituents is 1. The summed E-state index contributed by atoms with van der Waals surface area (Å²) in [5, 5.41) is 27.9. The molecule has 1 amide bonds. The van der Waals surface area contributed by atoms with Crippen LogP contribution in [-0.4, -0.2) is 25.5 Å². The van der Waals surface area contributed by atoms with Gasteiger partial charge in [-0.05, 0) is 30.3 Å². The van der Waals surface area contributed by atoms with Crippen molar-refractivity contribution >= 4 is 23.0 Å². The number of amides is 1. The molecule has 0 aliphatic carbocycles. The van der Waals surface area contributed by atoms with Crippen LogP contribution in [0.5, 0.6) is 0 Å². The number of nitrogens with zero attached hydrogens (tertiary/aromatic N) is 4. The van der Waals surface area contributed by atoms with E-state index in [1.54, 1.807) is 0 Å². The third-order valence-corrected chi connectivity index (χ3v) is 3.55. The molecule has 0 radical (unpaired) electrons. The van der Waals surface area contributed by atoms with E-state index < -0.39 is 27.3 Å². The van der Waals surface area contributed by atoms with Gasteiger partial charge in [-0.2, -0.15) is 9.49 Å². The van der Waals surface area contributed by atoms with E-state index in [2.05, 4.69) is 10.4 Å². The van der Waals surface area contributed by atoms with Crippen molar-refractivity contribution < 1.29 is 19.0 Å². The van der Waals surface area contributed by atoms with Crippen molar-refractivity contribution in [1.82, 2.24) is 9.78 Å². The number of benzene rings is 2. The average Bonchev–Trinajstić information content (AvgIpc) is 3.13. The summed E-state index contributed by atoms with van der Waals surface area (Å²) in [6.45, 7) is 0. The van der Waals surface area contributed by atoms with E-state index in [1.165, 1.54) is 47.3 Å². The quantitative estimate of drug-likeness (QED) is 0.541. The lowest BCUT2D eigenvalue weighted by molar-refractivity contribution is -0.387. The molecule has 3 rings (SSSR count). The number of nitro benzene ring substituents is 2. The number of rotatable bonds is 5. The summed E-state index contributed by atoms with van der Waals surface area (Å²) in [4.78, 5) is 32.2. The number of hydrogen-bond donors (Lipinski definition) is 1. The van der Waals surface area contributed by atoms with Gasteiger partial charge in [0, 0.05) is 30.1 Å². The fourth-order valence-corrected chi connectivity index (χ4v) is 2.24. The average molecular weight is 371 g/mol. The molecular formula is C16H10FN5O5. The lowest BCUT2D eigenvalue weighted by Crippen LogP contribution is -2.13. The van der Waals surface area contributed by atoms with Crippen molar-refractivity contribution in [1.29, 1.82) is 0 Å². The highest BCUT2D eigenvalue weighted by molar-refractivity contribution is 6.03. The van der Waals surface area contributed by atoms with Crippen LogP contribution in [0, 0.1) is 26.0 Å². The molecule has 0 saturated heterocycles. The second kappa shape index (κ2) is 7.00. The summed E-state index contributed by atoms with van der Waals surface area (Å²) >= 11 is 0. The maximum atomic E-state index is 13.3. The monoisotopic (exact) mass is 371 g/mol. The van der Waals surface area contributed by atoms with E-state index >= 15 is 0 Å². The molecule has 11 heteroatoms. The Morgan fingerprint density at radius 3 is 2.37 bits per heavy atom. The zero-order chi connectivity index (χ0) is 19.6. The SMILES string of the molecule is O=C(Nc1ccc(F)c([N+](=O)[O-])c1)c1ccn(-c2ccc([N+](=O)[O-])cc2)n1. The Bertz CT molecular complexity index is 1050. The number of carbonyl (C=O) groups is 1. The van der Waals surface area contributed by atoms with Gasteiger partial charge in [-0.15, -0.1) is 0 Å². The summed E-state index contributed by atoms with van der Waals surface area (Å²) in [5.74, 6) is -1.67. The molecule has 0 atom stereocenters. The topological polar surface area (TPSA) is 133 Å². The van der Waals surface area contributed by atoms with Crippen molar-refractivity contribution in [2.75, 3.05) is 5.32 Å². The minimum atomic E-state index is -1.01. The van der Waals surface area contributed by atoms with Crippen LogP contribution in [0.15, 0.2) is 54.7 Å². The molecule has 27 heavy (non-hydrogen) atoms. The molecule has 0 aliphatic heterocycles. The largest absolute Gasteiger partial charge is 0.320 e. The predicted molar refractivity (Wildman–Crippen MR) is 91.2 cm³/mol. The van der Waals surface area contributed by atoms with E-state index in [-0.39, 0.29) is 17.1 Å². The smallest absolute Gasteiger partial charge is 0.306 e. The number of anilines is 1. The van der Waals surface area contributed by atoms with Crippen LogP contribution < -0.4 is 5.32 Å². The van der Waals surface area contributed by atoms with Gasteiger partial charge in [0.15, 0.2) is 5.69 Å². The molecule has 10 nitrogen and oxygen atoms in total. The lowest BCUT2D eigenvalue weighted by atomic mass is 10.2. The molecule has 2 aromatic carbocycles. The van der Waals surface area contributed by atoms with E-state index in [4.69, 9.17) is 0 Å². The maximum Gasteiger partial charge on any atom is 0.306 e. The van der Waals surface area contributed by atoms with Crippen LogP contribution in [0.3, 0.4) is 0 Å². The maximum absolute atomic E-state index is 13.3. The molecule has 3 aromatic rings. The Kier molecular flexibility index (Phi) is 4.58. The second-order valence-electron chi connectivity index (χ2n) is 5.30. The van der Waals surface area contributed by atoms with Crippen LogP contribution >= 0.6 is 0 Å². The van der Waals surface area contributed by atoms with Crippen molar-refractivity contribution in [2.45, 2.75) is 0 Å².